The SMILES string of the molecule is CC(C)C(NC(=O)c1ccccc1F)C(=O)NN=Cc1cc(I)c(OCc2ccc(C#N)cc2)c(I)c1. The topological polar surface area (TPSA) is 104 Å². The van der Waals surface area contributed by atoms with Crippen LogP contribution in [0.1, 0.15) is 40.9 Å². The Morgan fingerprint density at radius 2 is 1.76 bits per heavy atom. The number of carbonyl (C=O) groups is 2. The van der Waals surface area contributed by atoms with Crippen LogP contribution in [0.4, 0.5) is 4.39 Å². The van der Waals surface area contributed by atoms with Gasteiger partial charge in [-0.25, -0.2) is 9.82 Å². The van der Waals surface area contributed by atoms with Gasteiger partial charge in [0, 0.05) is 0 Å². The van der Waals surface area contributed by atoms with E-state index in [0.717, 1.165) is 24.0 Å². The molecule has 0 saturated heterocycles. The molecule has 0 bridgehead atoms. The summed E-state index contributed by atoms with van der Waals surface area (Å²) in [6.45, 7) is 3.91. The number of hydrazone groups is 1. The first kappa shape index (κ1) is 28.5. The fourth-order valence-corrected chi connectivity index (χ4v) is 5.39. The van der Waals surface area contributed by atoms with E-state index in [0.29, 0.717) is 12.2 Å². The predicted molar refractivity (Wildman–Crippen MR) is 156 cm³/mol. The predicted octanol–water partition coefficient (Wildman–Crippen LogP) is 5.39. The molecule has 1 atom stereocenters. The van der Waals surface area contributed by atoms with E-state index < -0.39 is 23.7 Å². The van der Waals surface area contributed by atoms with Crippen molar-refractivity contribution in [3.05, 3.63) is 95.9 Å². The smallest absolute Gasteiger partial charge is 0.262 e. The molecule has 0 heterocycles. The summed E-state index contributed by atoms with van der Waals surface area (Å²) in [5.74, 6) is -1.36. The Kier molecular flexibility index (Phi) is 10.4. The molecule has 0 aliphatic heterocycles. The quantitative estimate of drug-likeness (QED) is 0.176. The number of rotatable bonds is 9. The second kappa shape index (κ2) is 13.5. The number of ether oxygens (including phenoxy) is 1. The van der Waals surface area contributed by atoms with Crippen LogP contribution in [0.2, 0.25) is 0 Å². The number of nitriles is 1. The largest absolute Gasteiger partial charge is 0.487 e. The van der Waals surface area contributed by atoms with Crippen LogP contribution in [0.3, 0.4) is 0 Å². The monoisotopic (exact) mass is 724 g/mol. The fraction of sp³-hybridized carbons (Fsp3) is 0.185. The lowest BCUT2D eigenvalue weighted by molar-refractivity contribution is -0.123. The van der Waals surface area contributed by atoms with Gasteiger partial charge in [-0.1, -0.05) is 38.1 Å². The maximum absolute atomic E-state index is 13.9. The van der Waals surface area contributed by atoms with Gasteiger partial charge >= 0.3 is 0 Å². The second-order valence-corrected chi connectivity index (χ2v) is 10.6. The molecule has 10 heteroatoms. The van der Waals surface area contributed by atoms with Gasteiger partial charge in [0.05, 0.1) is 30.6 Å². The van der Waals surface area contributed by atoms with E-state index in [-0.39, 0.29) is 11.5 Å². The molecule has 3 rings (SSSR count). The van der Waals surface area contributed by atoms with Gasteiger partial charge in [0.2, 0.25) is 0 Å². The van der Waals surface area contributed by atoms with Gasteiger partial charge in [-0.05, 0) is 98.6 Å². The molecular weight excluding hydrogens is 701 g/mol. The van der Waals surface area contributed by atoms with E-state index in [2.05, 4.69) is 67.1 Å². The highest BCUT2D eigenvalue weighted by atomic mass is 127. The average molecular weight is 724 g/mol. The molecule has 0 aliphatic rings. The van der Waals surface area contributed by atoms with Crippen molar-refractivity contribution in [2.45, 2.75) is 26.5 Å². The van der Waals surface area contributed by atoms with Gasteiger partial charge in [-0.2, -0.15) is 10.4 Å². The van der Waals surface area contributed by atoms with Crippen molar-refractivity contribution < 1.29 is 18.7 Å². The van der Waals surface area contributed by atoms with Crippen LogP contribution in [-0.4, -0.2) is 24.1 Å². The molecular formula is C27H23FI2N4O3. The maximum atomic E-state index is 13.9. The van der Waals surface area contributed by atoms with Crippen molar-refractivity contribution in [1.29, 1.82) is 5.26 Å². The molecule has 0 fully saturated rings. The number of benzene rings is 3. The van der Waals surface area contributed by atoms with Gasteiger partial charge in [-0.3, -0.25) is 9.59 Å². The average Bonchev–Trinajstić information content (AvgIpc) is 2.87. The zero-order chi connectivity index (χ0) is 26.9. The van der Waals surface area contributed by atoms with E-state index in [9.17, 15) is 14.0 Å². The standard InChI is InChI=1S/C27H23FI2N4O3/c1-16(2)24(33-26(35)20-5-3-4-6-21(20)28)27(36)34-32-14-19-11-22(29)25(23(30)12-19)37-15-18-9-7-17(13-31)8-10-18/h3-12,14,16,24H,15H2,1-2H3,(H,33,35)(H,34,36). The van der Waals surface area contributed by atoms with E-state index in [1.807, 2.05) is 24.3 Å². The number of hydrogen-bond donors (Lipinski definition) is 2. The molecule has 0 saturated carbocycles. The fourth-order valence-electron chi connectivity index (χ4n) is 3.26. The highest BCUT2D eigenvalue weighted by Crippen LogP contribution is 2.29. The Morgan fingerprint density at radius 3 is 2.35 bits per heavy atom. The van der Waals surface area contributed by atoms with Gasteiger partial charge in [-0.15, -0.1) is 0 Å². The number of hydrogen-bond acceptors (Lipinski definition) is 5. The number of nitrogens with zero attached hydrogens (tertiary/aromatic N) is 2. The van der Waals surface area contributed by atoms with Crippen molar-refractivity contribution in [3.8, 4) is 11.8 Å². The van der Waals surface area contributed by atoms with E-state index in [4.69, 9.17) is 10.00 Å². The minimum atomic E-state index is -0.900. The number of nitrogens with one attached hydrogen (secondary N) is 2. The number of carbonyl (C=O) groups excluding carboxylic acids is 2. The Hall–Kier alpha value is -3.05. The first-order chi connectivity index (χ1) is 17.7. The highest BCUT2D eigenvalue weighted by Gasteiger charge is 2.25. The molecule has 37 heavy (non-hydrogen) atoms. The highest BCUT2D eigenvalue weighted by molar-refractivity contribution is 14.1. The summed E-state index contributed by atoms with van der Waals surface area (Å²) < 4.78 is 21.6. The van der Waals surface area contributed by atoms with Gasteiger partial charge in [0.15, 0.2) is 0 Å². The maximum Gasteiger partial charge on any atom is 0.262 e. The lowest BCUT2D eigenvalue weighted by Gasteiger charge is -2.20. The minimum absolute atomic E-state index is 0.130. The summed E-state index contributed by atoms with van der Waals surface area (Å²) in [6, 6.07) is 17.7. The van der Waals surface area contributed by atoms with Crippen molar-refractivity contribution in [1.82, 2.24) is 10.7 Å². The van der Waals surface area contributed by atoms with Gasteiger partial charge < -0.3 is 10.1 Å². The number of halogens is 3. The van der Waals surface area contributed by atoms with Crippen LogP contribution in [-0.2, 0) is 11.4 Å². The van der Waals surface area contributed by atoms with Crippen molar-refractivity contribution in [2.24, 2.45) is 11.0 Å². The first-order valence-corrected chi connectivity index (χ1v) is 13.3. The molecule has 7 nitrogen and oxygen atoms in total. The van der Waals surface area contributed by atoms with Crippen LogP contribution in [0.25, 0.3) is 0 Å². The Bertz CT molecular complexity index is 1330. The Labute approximate surface area is 241 Å². The molecule has 0 aliphatic carbocycles. The lowest BCUT2D eigenvalue weighted by atomic mass is 10.0. The Morgan fingerprint density at radius 1 is 1.11 bits per heavy atom. The summed E-state index contributed by atoms with van der Waals surface area (Å²) in [4.78, 5) is 25.2. The lowest BCUT2D eigenvalue weighted by Crippen LogP contribution is -2.48. The third-order valence-electron chi connectivity index (χ3n) is 5.23. The summed E-state index contributed by atoms with van der Waals surface area (Å²) in [7, 11) is 0. The normalized spacial score (nSPS) is 11.7. The van der Waals surface area contributed by atoms with Crippen molar-refractivity contribution >= 4 is 63.2 Å². The second-order valence-electron chi connectivity index (χ2n) is 8.32. The summed E-state index contributed by atoms with van der Waals surface area (Å²) in [6.07, 6.45) is 1.50. The molecule has 2 N–H and O–H groups in total. The third kappa shape index (κ3) is 7.96. The minimum Gasteiger partial charge on any atom is -0.487 e. The van der Waals surface area contributed by atoms with Crippen LogP contribution >= 0.6 is 45.2 Å². The third-order valence-corrected chi connectivity index (χ3v) is 6.83. The molecule has 0 radical (unpaired) electrons. The Balaban J connectivity index is 1.62. The van der Waals surface area contributed by atoms with Crippen LogP contribution in [0, 0.1) is 30.2 Å². The summed E-state index contributed by atoms with van der Waals surface area (Å²) >= 11 is 4.34. The summed E-state index contributed by atoms with van der Waals surface area (Å²) in [5, 5.41) is 15.5. The molecule has 0 aromatic heterocycles. The van der Waals surface area contributed by atoms with Gasteiger partial charge in [0.1, 0.15) is 24.2 Å². The molecule has 1 unspecified atom stereocenters. The zero-order valence-electron chi connectivity index (χ0n) is 20.0. The summed E-state index contributed by atoms with van der Waals surface area (Å²) in [5.41, 5.74) is 4.61. The van der Waals surface area contributed by atoms with E-state index in [1.165, 1.54) is 24.4 Å². The van der Waals surface area contributed by atoms with E-state index in [1.54, 1.807) is 32.0 Å². The molecule has 2 amide bonds. The van der Waals surface area contributed by atoms with Crippen molar-refractivity contribution in [2.75, 3.05) is 0 Å². The van der Waals surface area contributed by atoms with Crippen LogP contribution in [0.15, 0.2) is 65.8 Å². The molecule has 0 spiro atoms. The first-order valence-electron chi connectivity index (χ1n) is 11.2. The number of amides is 2. The van der Waals surface area contributed by atoms with Crippen LogP contribution < -0.4 is 15.5 Å². The zero-order valence-corrected chi connectivity index (χ0v) is 24.3. The van der Waals surface area contributed by atoms with Crippen molar-refractivity contribution in [3.63, 3.8) is 0 Å². The van der Waals surface area contributed by atoms with Gasteiger partial charge in [0.25, 0.3) is 11.8 Å². The van der Waals surface area contributed by atoms with Crippen LogP contribution in [0.5, 0.6) is 5.75 Å². The van der Waals surface area contributed by atoms with E-state index >= 15 is 0 Å². The molecule has 3 aromatic carbocycles. The molecule has 3 aromatic rings. The molecule has 190 valence electrons.